The number of aliphatic imine (C=N–C) groups is 1. The number of ketones is 1. The highest BCUT2D eigenvalue weighted by Crippen LogP contribution is 2.38. The number of halogens is 2. The summed E-state index contributed by atoms with van der Waals surface area (Å²) in [6, 6.07) is 12.0. The Labute approximate surface area is 147 Å². The molecule has 0 saturated heterocycles. The zero-order valence-electron chi connectivity index (χ0n) is 13.7. The van der Waals surface area contributed by atoms with Crippen LogP contribution in [-0.2, 0) is 10.3 Å². The van der Waals surface area contributed by atoms with E-state index in [4.69, 9.17) is 5.73 Å². The minimum atomic E-state index is -2.95. The number of nitrogens with two attached hydrogens (primary N) is 1. The second kappa shape index (κ2) is 6.55. The molecule has 2 aromatic carbocycles. The first kappa shape index (κ1) is 17.5. The number of nitrogens with one attached hydrogen (secondary N) is 1. The summed E-state index contributed by atoms with van der Waals surface area (Å²) in [6.45, 7) is -1.54. The van der Waals surface area contributed by atoms with Crippen LogP contribution < -0.4 is 15.8 Å². The Hall–Kier alpha value is -3.29. The smallest absolute Gasteiger partial charge is 0.387 e. The summed E-state index contributed by atoms with van der Waals surface area (Å²) in [4.78, 5) is 28.7. The van der Waals surface area contributed by atoms with E-state index in [1.807, 2.05) is 0 Å². The Morgan fingerprint density at radius 1 is 1.19 bits per heavy atom. The molecule has 0 spiro atoms. The number of carbonyl (C=O) groups is 2. The molecule has 3 rings (SSSR count). The number of benzene rings is 2. The molecule has 0 aromatic heterocycles. The van der Waals surface area contributed by atoms with E-state index in [-0.39, 0.29) is 17.5 Å². The number of ether oxygens (including phenoxy) is 1. The van der Waals surface area contributed by atoms with E-state index in [0.717, 1.165) is 0 Å². The summed E-state index contributed by atoms with van der Waals surface area (Å²) >= 11 is 0. The molecule has 1 aliphatic rings. The minimum Gasteiger partial charge on any atom is -0.435 e. The highest BCUT2D eigenvalue weighted by molar-refractivity contribution is 6.09. The van der Waals surface area contributed by atoms with Gasteiger partial charge < -0.3 is 10.5 Å². The molecule has 134 valence electrons. The minimum absolute atomic E-state index is 0.0493. The maximum absolute atomic E-state index is 12.7. The number of alkyl halides is 2. The Balaban J connectivity index is 2.14. The summed E-state index contributed by atoms with van der Waals surface area (Å²) in [5, 5.41) is 2.45. The van der Waals surface area contributed by atoms with Crippen LogP contribution in [-0.4, -0.2) is 24.3 Å². The predicted octanol–water partition coefficient (Wildman–Crippen LogP) is 2.18. The van der Waals surface area contributed by atoms with Gasteiger partial charge in [-0.25, -0.2) is 4.99 Å². The molecule has 2 aromatic rings. The van der Waals surface area contributed by atoms with Crippen molar-refractivity contribution in [2.75, 3.05) is 0 Å². The first-order valence-corrected chi connectivity index (χ1v) is 7.66. The molecule has 8 heteroatoms. The second-order valence-electron chi connectivity index (χ2n) is 5.70. The number of amides is 1. The van der Waals surface area contributed by atoms with Crippen molar-refractivity contribution in [3.05, 3.63) is 65.2 Å². The molecule has 0 saturated carbocycles. The Kier molecular flexibility index (Phi) is 4.41. The monoisotopic (exact) mass is 359 g/mol. The van der Waals surface area contributed by atoms with E-state index >= 15 is 0 Å². The molecule has 0 bridgehead atoms. The normalized spacial score (nSPS) is 19.2. The van der Waals surface area contributed by atoms with Crippen molar-refractivity contribution in [1.29, 1.82) is 0 Å². The van der Waals surface area contributed by atoms with Crippen LogP contribution in [0.1, 0.15) is 28.4 Å². The highest BCUT2D eigenvalue weighted by atomic mass is 19.3. The third-order valence-corrected chi connectivity index (χ3v) is 4.04. The van der Waals surface area contributed by atoms with Crippen molar-refractivity contribution in [1.82, 2.24) is 5.32 Å². The molecule has 0 fully saturated rings. The third kappa shape index (κ3) is 3.01. The summed E-state index contributed by atoms with van der Waals surface area (Å²) in [6.07, 6.45) is 0. The molecule has 6 nitrogen and oxygen atoms in total. The van der Waals surface area contributed by atoms with Gasteiger partial charge in [0, 0.05) is 5.56 Å². The van der Waals surface area contributed by atoms with Crippen LogP contribution in [0.2, 0.25) is 0 Å². The topological polar surface area (TPSA) is 93.8 Å². The molecule has 3 N–H and O–H groups in total. The summed E-state index contributed by atoms with van der Waals surface area (Å²) in [5.41, 5.74) is 5.43. The number of rotatable bonds is 5. The van der Waals surface area contributed by atoms with E-state index < -0.39 is 18.1 Å². The van der Waals surface area contributed by atoms with Crippen molar-refractivity contribution in [3.8, 4) is 5.75 Å². The standard InChI is InChI=1S/C18H15F2N3O3/c1-10(24)11-3-2-4-13(9-11)18(15(25)22-17(21)23-18)12-5-7-14(8-6-12)26-16(19)20/h2-9,16H,1H3,(H3,21,22,23,25). The molecular weight excluding hydrogens is 344 g/mol. The lowest BCUT2D eigenvalue weighted by molar-refractivity contribution is -0.122. The van der Waals surface area contributed by atoms with Crippen LogP contribution in [0.15, 0.2) is 53.5 Å². The molecule has 1 heterocycles. The molecule has 26 heavy (non-hydrogen) atoms. The number of hydrogen-bond donors (Lipinski definition) is 2. The Bertz CT molecular complexity index is 897. The molecular formula is C18H15F2N3O3. The fourth-order valence-corrected chi connectivity index (χ4v) is 2.86. The maximum atomic E-state index is 12.7. The molecule has 1 aliphatic heterocycles. The first-order valence-electron chi connectivity index (χ1n) is 7.66. The molecule has 0 aliphatic carbocycles. The SMILES string of the molecule is CC(=O)c1cccc(C2(c3ccc(OC(F)F)cc3)N=C(N)NC2=O)c1. The van der Waals surface area contributed by atoms with Crippen LogP contribution in [0.3, 0.4) is 0 Å². The lowest BCUT2D eigenvalue weighted by atomic mass is 9.82. The van der Waals surface area contributed by atoms with Gasteiger partial charge in [-0.05, 0) is 36.2 Å². The van der Waals surface area contributed by atoms with Crippen molar-refractivity contribution in [2.24, 2.45) is 10.7 Å². The van der Waals surface area contributed by atoms with E-state index in [1.54, 1.807) is 24.3 Å². The zero-order chi connectivity index (χ0) is 18.9. The van der Waals surface area contributed by atoms with E-state index in [9.17, 15) is 18.4 Å². The number of carbonyl (C=O) groups excluding carboxylic acids is 2. The first-order chi connectivity index (χ1) is 12.3. The van der Waals surface area contributed by atoms with Crippen molar-refractivity contribution in [2.45, 2.75) is 19.1 Å². The van der Waals surface area contributed by atoms with Gasteiger partial charge in [0.2, 0.25) is 0 Å². The number of hydrogen-bond acceptors (Lipinski definition) is 5. The lowest BCUT2D eigenvalue weighted by Crippen LogP contribution is -2.39. The van der Waals surface area contributed by atoms with Gasteiger partial charge in [0.1, 0.15) is 5.75 Å². The van der Waals surface area contributed by atoms with Crippen LogP contribution in [0.25, 0.3) is 0 Å². The van der Waals surface area contributed by atoms with Crippen molar-refractivity contribution in [3.63, 3.8) is 0 Å². The third-order valence-electron chi connectivity index (χ3n) is 4.04. The van der Waals surface area contributed by atoms with Crippen molar-refractivity contribution >= 4 is 17.6 Å². The van der Waals surface area contributed by atoms with Crippen LogP contribution >= 0.6 is 0 Å². The van der Waals surface area contributed by atoms with Crippen molar-refractivity contribution < 1.29 is 23.1 Å². The summed E-state index contributed by atoms with van der Waals surface area (Å²) in [7, 11) is 0. The summed E-state index contributed by atoms with van der Waals surface area (Å²) in [5.74, 6) is -0.792. The van der Waals surface area contributed by atoms with Crippen LogP contribution in [0.5, 0.6) is 5.75 Å². The molecule has 1 amide bonds. The van der Waals surface area contributed by atoms with E-state index in [1.165, 1.54) is 31.2 Å². The number of nitrogens with zero attached hydrogens (tertiary/aromatic N) is 1. The van der Waals surface area contributed by atoms with Gasteiger partial charge in [-0.2, -0.15) is 8.78 Å². The zero-order valence-corrected chi connectivity index (χ0v) is 13.7. The lowest BCUT2D eigenvalue weighted by Gasteiger charge is -2.25. The van der Waals surface area contributed by atoms with E-state index in [2.05, 4.69) is 15.0 Å². The largest absolute Gasteiger partial charge is 0.435 e. The number of Topliss-reactive ketones (excluding diaryl/α,β-unsaturated/α-hetero) is 1. The van der Waals surface area contributed by atoms with Gasteiger partial charge in [-0.1, -0.05) is 30.3 Å². The van der Waals surface area contributed by atoms with Gasteiger partial charge in [-0.15, -0.1) is 0 Å². The Morgan fingerprint density at radius 2 is 1.88 bits per heavy atom. The fraction of sp³-hybridized carbons (Fsp3) is 0.167. The van der Waals surface area contributed by atoms with Crippen LogP contribution in [0, 0.1) is 0 Å². The van der Waals surface area contributed by atoms with Gasteiger partial charge in [0.05, 0.1) is 0 Å². The van der Waals surface area contributed by atoms with Gasteiger partial charge in [0.15, 0.2) is 17.3 Å². The molecule has 1 atom stereocenters. The summed E-state index contributed by atoms with van der Waals surface area (Å²) < 4.78 is 29.0. The quantitative estimate of drug-likeness (QED) is 0.800. The van der Waals surface area contributed by atoms with E-state index in [0.29, 0.717) is 16.7 Å². The average Bonchev–Trinajstić information content (AvgIpc) is 2.90. The highest BCUT2D eigenvalue weighted by Gasteiger charge is 2.46. The van der Waals surface area contributed by atoms with Crippen LogP contribution in [0.4, 0.5) is 8.78 Å². The van der Waals surface area contributed by atoms with Gasteiger partial charge >= 0.3 is 6.61 Å². The second-order valence-corrected chi connectivity index (χ2v) is 5.70. The van der Waals surface area contributed by atoms with Gasteiger partial charge in [-0.3, -0.25) is 14.9 Å². The number of guanidine groups is 1. The fourth-order valence-electron chi connectivity index (χ4n) is 2.86. The van der Waals surface area contributed by atoms with Gasteiger partial charge in [0.25, 0.3) is 5.91 Å². The Morgan fingerprint density at radius 3 is 2.42 bits per heavy atom. The predicted molar refractivity (Wildman–Crippen MR) is 90.1 cm³/mol. The average molecular weight is 359 g/mol. The molecule has 1 unspecified atom stereocenters. The maximum Gasteiger partial charge on any atom is 0.387 e. The molecule has 0 radical (unpaired) electrons.